The van der Waals surface area contributed by atoms with Gasteiger partial charge in [-0.3, -0.25) is 0 Å². The lowest BCUT2D eigenvalue weighted by atomic mass is 9.67. The average molecular weight is 753 g/mol. The molecule has 286 valence electrons. The van der Waals surface area contributed by atoms with E-state index in [1.165, 1.54) is 127 Å². The number of benzene rings is 8. The van der Waals surface area contributed by atoms with Crippen molar-refractivity contribution in [2.24, 2.45) is 11.8 Å². The van der Waals surface area contributed by atoms with E-state index in [0.29, 0.717) is 23.7 Å². The standard InChI is InChI=1S/C56H52N2/c1-35-13-11-27-55(3)53(35)47-33-37(23-25-49(47)57(55)45-15-7-5-8-16-45)43-29-39-19-21-41-31-44(32-42-22-20-40(30-43)51(39)52(41)42)38-24-26-50-48(34-38)54-36(2)14-12-28-56(54,4)58(50)46-17-9-6-10-18-46/h5-10,15-26,29-36,53-54H,11-14,27-28H2,1-4H3. The average Bonchev–Trinajstić information content (AvgIpc) is 3.68. The van der Waals surface area contributed by atoms with E-state index < -0.39 is 0 Å². The van der Waals surface area contributed by atoms with Gasteiger partial charge in [0.2, 0.25) is 0 Å². The SMILES string of the molecule is CC1CCCC2(C)C1c1cc(-c3cc4ccc5cc(-c6ccc7c(c6)C6C(C)CCCC6(C)N7c6ccccc6)cc6ccc(c3)c4c56)ccc1N2c1ccccc1. The van der Waals surface area contributed by atoms with Gasteiger partial charge in [0, 0.05) is 45.7 Å². The van der Waals surface area contributed by atoms with Crippen LogP contribution >= 0.6 is 0 Å². The van der Waals surface area contributed by atoms with Crippen LogP contribution in [0.2, 0.25) is 0 Å². The molecule has 12 rings (SSSR count). The highest BCUT2D eigenvalue weighted by molar-refractivity contribution is 6.24. The van der Waals surface area contributed by atoms with Crippen LogP contribution in [0, 0.1) is 11.8 Å². The minimum absolute atomic E-state index is 0.0868. The van der Waals surface area contributed by atoms with Gasteiger partial charge in [-0.15, -0.1) is 0 Å². The molecule has 4 aliphatic rings. The summed E-state index contributed by atoms with van der Waals surface area (Å²) >= 11 is 0. The van der Waals surface area contributed by atoms with Crippen molar-refractivity contribution in [2.45, 2.75) is 89.1 Å². The topological polar surface area (TPSA) is 6.48 Å². The first-order valence-corrected chi connectivity index (χ1v) is 22.0. The van der Waals surface area contributed by atoms with Gasteiger partial charge in [0.25, 0.3) is 0 Å². The van der Waals surface area contributed by atoms with Crippen LogP contribution in [0.4, 0.5) is 22.7 Å². The lowest BCUT2D eigenvalue weighted by molar-refractivity contribution is 0.223. The summed E-state index contributed by atoms with van der Waals surface area (Å²) in [6.07, 6.45) is 7.62. The third-order valence-corrected chi connectivity index (χ3v) is 15.6. The first kappa shape index (κ1) is 34.4. The Morgan fingerprint density at radius 1 is 0.431 bits per heavy atom. The third kappa shape index (κ3) is 4.78. The molecule has 0 radical (unpaired) electrons. The van der Waals surface area contributed by atoms with Crippen molar-refractivity contribution >= 4 is 55.1 Å². The van der Waals surface area contributed by atoms with Crippen LogP contribution in [0.15, 0.2) is 146 Å². The second kappa shape index (κ2) is 12.5. The van der Waals surface area contributed by atoms with Crippen LogP contribution < -0.4 is 9.80 Å². The summed E-state index contributed by atoms with van der Waals surface area (Å²) in [5, 5.41) is 8.06. The predicted octanol–water partition coefficient (Wildman–Crippen LogP) is 15.5. The van der Waals surface area contributed by atoms with Crippen molar-refractivity contribution in [1.29, 1.82) is 0 Å². The Kier molecular flexibility index (Phi) is 7.39. The zero-order valence-electron chi connectivity index (χ0n) is 34.3. The number of anilines is 4. The Bertz CT molecular complexity index is 2630. The largest absolute Gasteiger partial charge is 0.335 e. The van der Waals surface area contributed by atoms with E-state index in [-0.39, 0.29) is 11.1 Å². The third-order valence-electron chi connectivity index (χ3n) is 15.6. The zero-order chi connectivity index (χ0) is 38.9. The molecule has 2 nitrogen and oxygen atoms in total. The van der Waals surface area contributed by atoms with Crippen molar-refractivity contribution in [2.75, 3.05) is 9.80 Å². The molecule has 6 atom stereocenters. The maximum atomic E-state index is 2.68. The molecule has 0 saturated heterocycles. The summed E-state index contributed by atoms with van der Waals surface area (Å²) in [5.41, 5.74) is 13.9. The van der Waals surface area contributed by atoms with Crippen LogP contribution in [-0.2, 0) is 0 Å². The lowest BCUT2D eigenvalue weighted by Gasteiger charge is -2.46. The quantitative estimate of drug-likeness (QED) is 0.165. The number of fused-ring (bicyclic) bond motifs is 6. The van der Waals surface area contributed by atoms with Gasteiger partial charge in [0.15, 0.2) is 0 Å². The van der Waals surface area contributed by atoms with Gasteiger partial charge < -0.3 is 9.80 Å². The predicted molar refractivity (Wildman–Crippen MR) is 247 cm³/mol. The zero-order valence-corrected chi connectivity index (χ0v) is 34.3. The van der Waals surface area contributed by atoms with Gasteiger partial charge in [-0.2, -0.15) is 0 Å². The smallest absolute Gasteiger partial charge is 0.0495 e. The molecule has 2 heterocycles. The van der Waals surface area contributed by atoms with Crippen LogP contribution in [0.25, 0.3) is 54.6 Å². The molecular formula is C56H52N2. The second-order valence-corrected chi connectivity index (χ2v) is 19.0. The molecule has 0 spiro atoms. The highest BCUT2D eigenvalue weighted by Gasteiger charge is 2.53. The molecule has 0 bridgehead atoms. The molecular weight excluding hydrogens is 701 g/mol. The number of rotatable bonds is 4. The summed E-state index contributed by atoms with van der Waals surface area (Å²) in [4.78, 5) is 5.35. The van der Waals surface area contributed by atoms with Crippen molar-refractivity contribution in [3.63, 3.8) is 0 Å². The maximum Gasteiger partial charge on any atom is 0.0495 e. The Labute approximate surface area is 343 Å². The lowest BCUT2D eigenvalue weighted by Crippen LogP contribution is -2.47. The molecule has 6 unspecified atom stereocenters. The van der Waals surface area contributed by atoms with E-state index in [0.717, 1.165) is 0 Å². The molecule has 2 heteroatoms. The van der Waals surface area contributed by atoms with Crippen molar-refractivity contribution in [1.82, 2.24) is 0 Å². The fraction of sp³-hybridized carbons (Fsp3) is 0.286. The fourth-order valence-electron chi connectivity index (χ4n) is 13.3. The number of para-hydroxylation sites is 2. The normalized spacial score (nSPS) is 26.3. The van der Waals surface area contributed by atoms with E-state index in [2.05, 4.69) is 183 Å². The van der Waals surface area contributed by atoms with Crippen LogP contribution in [0.3, 0.4) is 0 Å². The maximum absolute atomic E-state index is 2.68. The van der Waals surface area contributed by atoms with Gasteiger partial charge in [0.05, 0.1) is 0 Å². The van der Waals surface area contributed by atoms with Crippen molar-refractivity contribution in [3.8, 4) is 22.3 Å². The minimum Gasteiger partial charge on any atom is -0.335 e. The molecule has 58 heavy (non-hydrogen) atoms. The summed E-state index contributed by atoms with van der Waals surface area (Å²) < 4.78 is 0. The summed E-state index contributed by atoms with van der Waals surface area (Å²) in [6.45, 7) is 10.0. The van der Waals surface area contributed by atoms with Crippen molar-refractivity contribution < 1.29 is 0 Å². The Hall–Kier alpha value is -5.60. The van der Waals surface area contributed by atoms with Crippen LogP contribution in [-0.4, -0.2) is 11.1 Å². The minimum atomic E-state index is 0.0868. The van der Waals surface area contributed by atoms with E-state index in [9.17, 15) is 0 Å². The number of hydrogen-bond acceptors (Lipinski definition) is 2. The Morgan fingerprint density at radius 3 is 1.19 bits per heavy atom. The highest BCUT2D eigenvalue weighted by atomic mass is 15.2. The summed E-state index contributed by atoms with van der Waals surface area (Å²) in [6, 6.07) is 56.2. The number of hydrogen-bond donors (Lipinski definition) is 0. The molecule has 0 amide bonds. The molecule has 8 aromatic carbocycles. The second-order valence-electron chi connectivity index (χ2n) is 19.0. The monoisotopic (exact) mass is 752 g/mol. The molecule has 0 N–H and O–H groups in total. The van der Waals surface area contributed by atoms with Gasteiger partial charge >= 0.3 is 0 Å². The molecule has 2 aliphatic carbocycles. The van der Waals surface area contributed by atoms with Gasteiger partial charge in [-0.25, -0.2) is 0 Å². The fourth-order valence-corrected chi connectivity index (χ4v) is 13.3. The van der Waals surface area contributed by atoms with Crippen molar-refractivity contribution in [3.05, 3.63) is 157 Å². The molecule has 2 saturated carbocycles. The van der Waals surface area contributed by atoms with Crippen LogP contribution in [0.5, 0.6) is 0 Å². The molecule has 2 fully saturated rings. The molecule has 2 aliphatic heterocycles. The highest BCUT2D eigenvalue weighted by Crippen LogP contribution is 2.61. The Balaban J connectivity index is 0.942. The van der Waals surface area contributed by atoms with Crippen LogP contribution in [0.1, 0.15) is 89.2 Å². The van der Waals surface area contributed by atoms with Gasteiger partial charge in [-0.1, -0.05) is 99.5 Å². The molecule has 8 aromatic rings. The van der Waals surface area contributed by atoms with Gasteiger partial charge in [-0.05, 0) is 190 Å². The summed E-state index contributed by atoms with van der Waals surface area (Å²) in [7, 11) is 0. The summed E-state index contributed by atoms with van der Waals surface area (Å²) in [5.74, 6) is 2.32. The first-order chi connectivity index (χ1) is 28.3. The van der Waals surface area contributed by atoms with Gasteiger partial charge in [0.1, 0.15) is 0 Å². The van der Waals surface area contributed by atoms with E-state index >= 15 is 0 Å². The molecule has 0 aromatic heterocycles. The first-order valence-electron chi connectivity index (χ1n) is 22.0. The van der Waals surface area contributed by atoms with E-state index in [1.54, 1.807) is 0 Å². The number of nitrogens with zero attached hydrogens (tertiary/aromatic N) is 2. The van der Waals surface area contributed by atoms with E-state index in [1.807, 2.05) is 0 Å². The Morgan fingerprint density at radius 2 is 0.810 bits per heavy atom. The van der Waals surface area contributed by atoms with E-state index in [4.69, 9.17) is 0 Å².